The van der Waals surface area contributed by atoms with Gasteiger partial charge in [0.1, 0.15) is 17.3 Å². The van der Waals surface area contributed by atoms with E-state index < -0.39 is 11.6 Å². The van der Waals surface area contributed by atoms with Gasteiger partial charge in [0.2, 0.25) is 0 Å². The van der Waals surface area contributed by atoms with Gasteiger partial charge in [0.25, 0.3) is 5.56 Å². The Balaban J connectivity index is 2.35. The monoisotopic (exact) mass is 315 g/mol. The largest absolute Gasteiger partial charge is 0.324 e. The molecule has 0 aliphatic heterocycles. The lowest BCUT2D eigenvalue weighted by molar-refractivity contribution is 0.585. The van der Waals surface area contributed by atoms with Crippen LogP contribution in [0.1, 0.15) is 24.1 Å². The maximum atomic E-state index is 14.0. The average molecular weight is 315 g/mol. The fourth-order valence-electron chi connectivity index (χ4n) is 2.54. The third kappa shape index (κ3) is 2.73. The number of aryl methyl sites for hydroxylation is 1. The van der Waals surface area contributed by atoms with Gasteiger partial charge in [-0.3, -0.25) is 9.20 Å². The fraction of sp³-hybridized carbons (Fsp3) is 0.176. The number of halogens is 2. The van der Waals surface area contributed by atoms with Crippen molar-refractivity contribution in [2.75, 3.05) is 0 Å². The molecule has 0 radical (unpaired) electrons. The lowest BCUT2D eigenvalue weighted by Gasteiger charge is -2.13. The topological polar surface area (TPSA) is 60.4 Å². The molecule has 1 atom stereocenters. The third-order valence-electron chi connectivity index (χ3n) is 3.62. The predicted molar refractivity (Wildman–Crippen MR) is 84.2 cm³/mol. The van der Waals surface area contributed by atoms with E-state index in [2.05, 4.69) is 4.98 Å². The summed E-state index contributed by atoms with van der Waals surface area (Å²) < 4.78 is 28.4. The zero-order valence-electron chi connectivity index (χ0n) is 12.7. The minimum Gasteiger partial charge on any atom is -0.324 e. The zero-order chi connectivity index (χ0) is 16.7. The summed E-state index contributed by atoms with van der Waals surface area (Å²) in [7, 11) is 0. The number of nitrogens with two attached hydrogens (primary N) is 1. The number of rotatable bonds is 2. The first-order valence-corrected chi connectivity index (χ1v) is 7.12. The molecule has 0 aliphatic rings. The Morgan fingerprint density at radius 1 is 1.22 bits per heavy atom. The molecule has 23 heavy (non-hydrogen) atoms. The molecule has 0 saturated heterocycles. The maximum absolute atomic E-state index is 14.0. The van der Waals surface area contributed by atoms with Crippen molar-refractivity contribution >= 4 is 5.65 Å². The highest BCUT2D eigenvalue weighted by Crippen LogP contribution is 2.23. The average Bonchev–Trinajstić information content (AvgIpc) is 2.47. The van der Waals surface area contributed by atoms with Crippen LogP contribution in [0.4, 0.5) is 8.78 Å². The second-order valence-corrected chi connectivity index (χ2v) is 5.56. The van der Waals surface area contributed by atoms with Gasteiger partial charge < -0.3 is 5.73 Å². The van der Waals surface area contributed by atoms with Crippen LogP contribution in [-0.2, 0) is 0 Å². The molecule has 0 unspecified atom stereocenters. The molecule has 6 heteroatoms. The highest BCUT2D eigenvalue weighted by Gasteiger charge is 2.14. The normalized spacial score (nSPS) is 12.6. The van der Waals surface area contributed by atoms with Crippen molar-refractivity contribution in [1.29, 1.82) is 0 Å². The number of fused-ring (bicyclic) bond motifs is 1. The number of pyridine rings is 1. The first-order valence-electron chi connectivity index (χ1n) is 7.12. The molecule has 0 spiro atoms. The summed E-state index contributed by atoms with van der Waals surface area (Å²) in [5, 5.41) is 0. The predicted octanol–water partition coefficient (Wildman–Crippen LogP) is 2.97. The van der Waals surface area contributed by atoms with Crippen molar-refractivity contribution in [1.82, 2.24) is 9.38 Å². The molecule has 2 N–H and O–H groups in total. The molecular formula is C17H15F2N3O. The van der Waals surface area contributed by atoms with Crippen LogP contribution in [0.5, 0.6) is 0 Å². The van der Waals surface area contributed by atoms with Crippen LogP contribution in [0.3, 0.4) is 0 Å². The summed E-state index contributed by atoms with van der Waals surface area (Å²) in [4.78, 5) is 16.7. The second-order valence-electron chi connectivity index (χ2n) is 5.56. The van der Waals surface area contributed by atoms with Crippen molar-refractivity contribution in [3.05, 3.63) is 69.6 Å². The summed E-state index contributed by atoms with van der Waals surface area (Å²) in [6.07, 6.45) is 1.65. The molecule has 2 aromatic heterocycles. The van der Waals surface area contributed by atoms with Crippen molar-refractivity contribution in [3.63, 3.8) is 0 Å². The Bertz CT molecular complexity index is 964. The first-order chi connectivity index (χ1) is 10.9. The summed E-state index contributed by atoms with van der Waals surface area (Å²) in [5.41, 5.74) is 7.76. The Morgan fingerprint density at radius 2 is 1.96 bits per heavy atom. The second kappa shape index (κ2) is 5.55. The molecule has 0 amide bonds. The zero-order valence-corrected chi connectivity index (χ0v) is 12.7. The van der Waals surface area contributed by atoms with Crippen LogP contribution in [0.15, 0.2) is 41.3 Å². The molecule has 0 bridgehead atoms. The molecule has 4 nitrogen and oxygen atoms in total. The quantitative estimate of drug-likeness (QED) is 0.791. The van der Waals surface area contributed by atoms with Crippen LogP contribution in [0.2, 0.25) is 0 Å². The number of hydrogen-bond donors (Lipinski definition) is 1. The van der Waals surface area contributed by atoms with Crippen LogP contribution in [-0.4, -0.2) is 9.38 Å². The summed E-state index contributed by atoms with van der Waals surface area (Å²) in [6.45, 7) is 3.64. The van der Waals surface area contributed by atoms with E-state index in [1.54, 1.807) is 13.1 Å². The smallest absolute Gasteiger partial charge is 0.258 e. The molecule has 0 saturated carbocycles. The van der Waals surface area contributed by atoms with Gasteiger partial charge >= 0.3 is 0 Å². The van der Waals surface area contributed by atoms with E-state index in [-0.39, 0.29) is 22.9 Å². The highest BCUT2D eigenvalue weighted by molar-refractivity contribution is 5.64. The highest BCUT2D eigenvalue weighted by atomic mass is 19.1. The van der Waals surface area contributed by atoms with Gasteiger partial charge in [-0.05, 0) is 37.6 Å². The SMILES string of the molecule is Cc1cc([C@@H](C)N)c2nc(-c3ccc(F)cc3F)cc(=O)n2c1. The molecule has 0 aliphatic carbocycles. The van der Waals surface area contributed by atoms with Crippen LogP contribution in [0.25, 0.3) is 16.9 Å². The van der Waals surface area contributed by atoms with Gasteiger partial charge in [0.05, 0.1) is 5.69 Å². The molecule has 3 aromatic rings. The lowest BCUT2D eigenvalue weighted by atomic mass is 10.1. The Labute approximate surface area is 131 Å². The summed E-state index contributed by atoms with van der Waals surface area (Å²) >= 11 is 0. The van der Waals surface area contributed by atoms with Gasteiger partial charge in [0.15, 0.2) is 0 Å². The molecule has 118 valence electrons. The molecule has 3 rings (SSSR count). The Morgan fingerprint density at radius 3 is 2.61 bits per heavy atom. The number of benzene rings is 1. The van der Waals surface area contributed by atoms with Gasteiger partial charge in [-0.2, -0.15) is 0 Å². The third-order valence-corrected chi connectivity index (χ3v) is 3.62. The van der Waals surface area contributed by atoms with Crippen LogP contribution in [0, 0.1) is 18.6 Å². The van der Waals surface area contributed by atoms with Crippen LogP contribution >= 0.6 is 0 Å². The van der Waals surface area contributed by atoms with Crippen LogP contribution < -0.4 is 11.3 Å². The Kier molecular flexibility index (Phi) is 3.69. The van der Waals surface area contributed by atoms with Crippen molar-refractivity contribution in [2.24, 2.45) is 5.73 Å². The lowest BCUT2D eigenvalue weighted by Crippen LogP contribution is -2.18. The standard InChI is InChI=1S/C17H15F2N3O/c1-9-5-13(10(2)20)17-21-15(7-16(23)22(17)8-9)12-4-3-11(18)6-14(12)19/h3-8,10H,20H2,1-2H3/t10-/m1/s1. The number of hydrogen-bond acceptors (Lipinski definition) is 3. The van der Waals surface area contributed by atoms with Crippen molar-refractivity contribution < 1.29 is 8.78 Å². The number of aromatic nitrogens is 2. The van der Waals surface area contributed by atoms with E-state index in [9.17, 15) is 13.6 Å². The Hall–Kier alpha value is -2.60. The van der Waals surface area contributed by atoms with Gasteiger partial charge in [-0.25, -0.2) is 13.8 Å². The minimum absolute atomic E-state index is 0.0715. The van der Waals surface area contributed by atoms with E-state index in [1.165, 1.54) is 16.5 Å². The molecule has 1 aromatic carbocycles. The van der Waals surface area contributed by atoms with E-state index >= 15 is 0 Å². The van der Waals surface area contributed by atoms with E-state index in [4.69, 9.17) is 5.73 Å². The summed E-state index contributed by atoms with van der Waals surface area (Å²) in [5.74, 6) is -1.45. The minimum atomic E-state index is -0.768. The van der Waals surface area contributed by atoms with Gasteiger partial charge in [0, 0.05) is 35.5 Å². The van der Waals surface area contributed by atoms with Gasteiger partial charge in [-0.1, -0.05) is 0 Å². The van der Waals surface area contributed by atoms with E-state index in [0.29, 0.717) is 11.2 Å². The van der Waals surface area contributed by atoms with E-state index in [0.717, 1.165) is 17.7 Å². The molecular weight excluding hydrogens is 300 g/mol. The van der Waals surface area contributed by atoms with E-state index in [1.807, 2.05) is 13.0 Å². The molecule has 0 fully saturated rings. The van der Waals surface area contributed by atoms with Crippen molar-refractivity contribution in [3.8, 4) is 11.3 Å². The molecule has 2 heterocycles. The number of nitrogens with zero attached hydrogens (tertiary/aromatic N) is 2. The van der Waals surface area contributed by atoms with Gasteiger partial charge in [-0.15, -0.1) is 0 Å². The van der Waals surface area contributed by atoms with Crippen molar-refractivity contribution in [2.45, 2.75) is 19.9 Å². The first kappa shape index (κ1) is 15.3. The maximum Gasteiger partial charge on any atom is 0.258 e. The summed E-state index contributed by atoms with van der Waals surface area (Å²) in [6, 6.07) is 5.89. The fourth-order valence-corrected chi connectivity index (χ4v) is 2.54.